The van der Waals surface area contributed by atoms with Gasteiger partial charge in [-0.25, -0.2) is 8.42 Å². The number of rotatable bonds is 6. The van der Waals surface area contributed by atoms with Gasteiger partial charge in [0.2, 0.25) is 10.0 Å². The van der Waals surface area contributed by atoms with E-state index < -0.39 is 15.9 Å². The van der Waals surface area contributed by atoms with Crippen molar-refractivity contribution in [2.45, 2.75) is 32.6 Å². The molecular formula is C21H25N3O4S. The lowest BCUT2D eigenvalue weighted by Crippen LogP contribution is -2.30. The van der Waals surface area contributed by atoms with Crippen LogP contribution in [-0.2, 0) is 10.0 Å². The molecule has 7 nitrogen and oxygen atoms in total. The number of phenols is 1. The molecule has 0 atom stereocenters. The van der Waals surface area contributed by atoms with Gasteiger partial charge in [0.1, 0.15) is 11.4 Å². The van der Waals surface area contributed by atoms with Gasteiger partial charge in [-0.3, -0.25) is 4.79 Å². The number of hydrogen-bond acceptors (Lipinski definition) is 4. The number of benzene rings is 2. The number of sulfonamides is 1. The molecule has 0 aliphatic carbocycles. The van der Waals surface area contributed by atoms with E-state index in [0.29, 0.717) is 18.8 Å². The van der Waals surface area contributed by atoms with E-state index in [1.165, 1.54) is 22.5 Å². The molecule has 0 radical (unpaired) electrons. The zero-order valence-corrected chi connectivity index (χ0v) is 17.7. The highest BCUT2D eigenvalue weighted by Crippen LogP contribution is 2.29. The van der Waals surface area contributed by atoms with Crippen LogP contribution in [0.1, 0.15) is 35.5 Å². The number of aromatic hydroxyl groups is 1. The highest BCUT2D eigenvalue weighted by Gasteiger charge is 2.23. The van der Waals surface area contributed by atoms with E-state index in [2.05, 4.69) is 10.3 Å². The molecule has 0 saturated carbocycles. The molecule has 0 unspecified atom stereocenters. The molecule has 3 rings (SSSR count). The number of phenolic OH excluding ortho intramolecular Hbond substituents is 1. The molecule has 1 aromatic heterocycles. The minimum Gasteiger partial charge on any atom is -0.506 e. The van der Waals surface area contributed by atoms with E-state index in [1.807, 2.05) is 26.0 Å². The summed E-state index contributed by atoms with van der Waals surface area (Å²) in [7, 11) is -3.71. The first-order valence-corrected chi connectivity index (χ1v) is 10.9. The van der Waals surface area contributed by atoms with Crippen molar-refractivity contribution in [2.75, 3.05) is 18.4 Å². The smallest absolute Gasteiger partial charge is 0.272 e. The molecule has 1 amide bonds. The number of nitrogens with one attached hydrogen (secondary N) is 2. The Morgan fingerprint density at radius 3 is 2.45 bits per heavy atom. The van der Waals surface area contributed by atoms with Gasteiger partial charge in [-0.2, -0.15) is 4.31 Å². The van der Waals surface area contributed by atoms with E-state index >= 15 is 0 Å². The van der Waals surface area contributed by atoms with Crippen LogP contribution >= 0.6 is 0 Å². The van der Waals surface area contributed by atoms with Crippen molar-refractivity contribution in [1.29, 1.82) is 0 Å². The first kappa shape index (κ1) is 20.9. The highest BCUT2D eigenvalue weighted by molar-refractivity contribution is 7.89. The van der Waals surface area contributed by atoms with Gasteiger partial charge in [-0.05, 0) is 55.3 Å². The number of amides is 1. The van der Waals surface area contributed by atoms with Gasteiger partial charge in [0, 0.05) is 24.0 Å². The van der Waals surface area contributed by atoms with Crippen molar-refractivity contribution < 1.29 is 18.3 Å². The topological polar surface area (TPSA) is 102 Å². The summed E-state index contributed by atoms with van der Waals surface area (Å²) >= 11 is 0. The lowest BCUT2D eigenvalue weighted by atomic mass is 10.1. The highest BCUT2D eigenvalue weighted by atomic mass is 32.2. The molecule has 0 aliphatic heterocycles. The molecule has 0 saturated heterocycles. The Morgan fingerprint density at radius 1 is 1.10 bits per heavy atom. The van der Waals surface area contributed by atoms with Gasteiger partial charge in [0.15, 0.2) is 0 Å². The Hall–Kier alpha value is -2.84. The summed E-state index contributed by atoms with van der Waals surface area (Å²) in [4.78, 5) is 15.8. The second kappa shape index (κ2) is 7.88. The van der Waals surface area contributed by atoms with Crippen LogP contribution in [0.2, 0.25) is 0 Å². The largest absolute Gasteiger partial charge is 0.506 e. The van der Waals surface area contributed by atoms with Crippen molar-refractivity contribution in [3.8, 4) is 5.75 Å². The Balaban J connectivity index is 1.94. The first-order chi connectivity index (χ1) is 13.7. The van der Waals surface area contributed by atoms with Crippen LogP contribution in [0, 0.1) is 13.8 Å². The molecule has 3 aromatic rings. The van der Waals surface area contributed by atoms with Crippen LogP contribution < -0.4 is 5.32 Å². The maximum atomic E-state index is 12.7. The van der Waals surface area contributed by atoms with E-state index in [9.17, 15) is 18.3 Å². The SMILES string of the molecule is CCN(CC)S(=O)(=O)c1ccc(O)c(NC(=O)c2cc3c(C)cc(C)cc3[nH]2)c1. The molecule has 0 aliphatic rings. The summed E-state index contributed by atoms with van der Waals surface area (Å²) in [6.45, 7) is 8.11. The number of carbonyl (C=O) groups excluding carboxylic acids is 1. The second-order valence-corrected chi connectivity index (χ2v) is 8.89. The number of hydrogen-bond donors (Lipinski definition) is 3. The maximum Gasteiger partial charge on any atom is 0.272 e. The van der Waals surface area contributed by atoms with Gasteiger partial charge < -0.3 is 15.4 Å². The Morgan fingerprint density at radius 2 is 1.79 bits per heavy atom. The first-order valence-electron chi connectivity index (χ1n) is 9.41. The number of aromatic amines is 1. The summed E-state index contributed by atoms with van der Waals surface area (Å²) in [5, 5.41) is 13.7. The second-order valence-electron chi connectivity index (χ2n) is 6.95. The molecule has 0 spiro atoms. The van der Waals surface area contributed by atoms with Crippen molar-refractivity contribution in [3.63, 3.8) is 0 Å². The minimum absolute atomic E-state index is 0.0115. The molecule has 154 valence electrons. The fourth-order valence-corrected chi connectivity index (χ4v) is 4.88. The standard InChI is InChI=1S/C21H25N3O4S/c1-5-24(6-2)29(27,28)15-7-8-20(25)18(11-15)23-21(26)19-12-16-14(4)9-13(3)10-17(16)22-19/h7-12,22,25H,5-6H2,1-4H3,(H,23,26). The fourth-order valence-electron chi connectivity index (χ4n) is 3.40. The van der Waals surface area contributed by atoms with E-state index in [1.54, 1.807) is 19.9 Å². The number of anilines is 1. The molecule has 2 aromatic carbocycles. The third kappa shape index (κ3) is 3.99. The lowest BCUT2D eigenvalue weighted by molar-refractivity contribution is 0.102. The van der Waals surface area contributed by atoms with Gasteiger partial charge in [0.25, 0.3) is 5.91 Å². The van der Waals surface area contributed by atoms with E-state index in [4.69, 9.17) is 0 Å². The molecular weight excluding hydrogens is 390 g/mol. The molecule has 3 N–H and O–H groups in total. The summed E-state index contributed by atoms with van der Waals surface area (Å²) in [5.41, 5.74) is 3.33. The summed E-state index contributed by atoms with van der Waals surface area (Å²) < 4.78 is 26.8. The number of aromatic nitrogens is 1. The number of nitrogens with zero attached hydrogens (tertiary/aromatic N) is 1. The van der Waals surface area contributed by atoms with Crippen LogP contribution in [0.3, 0.4) is 0 Å². The van der Waals surface area contributed by atoms with Crippen LogP contribution in [-0.4, -0.2) is 41.8 Å². The normalized spacial score (nSPS) is 11.9. The van der Waals surface area contributed by atoms with Crippen molar-refractivity contribution in [2.24, 2.45) is 0 Å². The van der Waals surface area contributed by atoms with Crippen molar-refractivity contribution >= 4 is 32.5 Å². The number of carbonyl (C=O) groups is 1. The van der Waals surface area contributed by atoms with Crippen LogP contribution in [0.25, 0.3) is 10.9 Å². The van der Waals surface area contributed by atoms with Crippen molar-refractivity contribution in [3.05, 3.63) is 53.2 Å². The summed E-state index contributed by atoms with van der Waals surface area (Å²) in [6, 6.07) is 9.60. The van der Waals surface area contributed by atoms with Crippen LogP contribution in [0.4, 0.5) is 5.69 Å². The van der Waals surface area contributed by atoms with Crippen LogP contribution in [0.5, 0.6) is 5.75 Å². The Bertz CT molecular complexity index is 1180. The monoisotopic (exact) mass is 415 g/mol. The Labute approximate surface area is 170 Å². The fraction of sp³-hybridized carbons (Fsp3) is 0.286. The van der Waals surface area contributed by atoms with E-state index in [-0.39, 0.29) is 16.3 Å². The molecule has 29 heavy (non-hydrogen) atoms. The quantitative estimate of drug-likeness (QED) is 0.533. The van der Waals surface area contributed by atoms with Crippen LogP contribution in [0.15, 0.2) is 41.3 Å². The molecule has 1 heterocycles. The summed E-state index contributed by atoms with van der Waals surface area (Å²) in [5.74, 6) is -0.675. The van der Waals surface area contributed by atoms with Gasteiger partial charge in [0.05, 0.1) is 10.6 Å². The summed E-state index contributed by atoms with van der Waals surface area (Å²) in [6.07, 6.45) is 0. The lowest BCUT2D eigenvalue weighted by Gasteiger charge is -2.19. The third-order valence-electron chi connectivity index (χ3n) is 4.89. The maximum absolute atomic E-state index is 12.7. The Kier molecular flexibility index (Phi) is 5.68. The van der Waals surface area contributed by atoms with Gasteiger partial charge in [-0.1, -0.05) is 19.9 Å². The molecule has 8 heteroatoms. The van der Waals surface area contributed by atoms with Crippen molar-refractivity contribution in [1.82, 2.24) is 9.29 Å². The predicted molar refractivity (Wildman–Crippen MR) is 114 cm³/mol. The molecule has 0 bridgehead atoms. The number of aryl methyl sites for hydroxylation is 2. The number of H-pyrrole nitrogens is 1. The predicted octanol–water partition coefficient (Wildman–Crippen LogP) is 3.77. The average Bonchev–Trinajstić information content (AvgIpc) is 3.08. The average molecular weight is 416 g/mol. The molecule has 0 fully saturated rings. The minimum atomic E-state index is -3.71. The number of fused-ring (bicyclic) bond motifs is 1. The third-order valence-corrected chi connectivity index (χ3v) is 6.94. The zero-order chi connectivity index (χ0) is 21.3. The van der Waals surface area contributed by atoms with E-state index in [0.717, 1.165) is 22.0 Å². The zero-order valence-electron chi connectivity index (χ0n) is 16.9. The van der Waals surface area contributed by atoms with Gasteiger partial charge >= 0.3 is 0 Å². The van der Waals surface area contributed by atoms with Gasteiger partial charge in [-0.15, -0.1) is 0 Å².